The van der Waals surface area contributed by atoms with Gasteiger partial charge in [0.05, 0.1) is 23.3 Å². The monoisotopic (exact) mass is 943 g/mol. The summed E-state index contributed by atoms with van der Waals surface area (Å²) < 4.78 is 26.1. The fourth-order valence-electron chi connectivity index (χ4n) is 5.43. The first-order valence-electron chi connectivity index (χ1n) is 23.0. The van der Waals surface area contributed by atoms with Gasteiger partial charge in [-0.05, 0) is 127 Å². The molecule has 1 N–H and O–H groups in total. The van der Waals surface area contributed by atoms with Crippen LogP contribution in [-0.2, 0) is 23.9 Å². The lowest BCUT2D eigenvalue weighted by Crippen LogP contribution is -2.33. The largest absolute Gasteiger partial charge is 0.490 e. The van der Waals surface area contributed by atoms with Crippen molar-refractivity contribution < 1.29 is 57.2 Å². The summed E-state index contributed by atoms with van der Waals surface area (Å²) in [6, 6.07) is 38.1. The van der Waals surface area contributed by atoms with E-state index >= 15 is 0 Å². The second kappa shape index (κ2) is 28.0. The number of amides is 1. The van der Waals surface area contributed by atoms with E-state index in [0.717, 1.165) is 6.42 Å². The minimum Gasteiger partial charge on any atom is -0.490 e. The maximum atomic E-state index is 12.3. The Hall–Kier alpha value is -7.41. The van der Waals surface area contributed by atoms with E-state index < -0.39 is 16.9 Å². The highest BCUT2D eigenvalue weighted by Crippen LogP contribution is 2.25. The maximum Gasteiger partial charge on any atom is 0.412 e. The molecule has 0 heterocycles. The quantitative estimate of drug-likeness (QED) is 0.0338. The van der Waals surface area contributed by atoms with E-state index in [-0.39, 0.29) is 67.5 Å². The van der Waals surface area contributed by atoms with Crippen LogP contribution in [0.2, 0.25) is 0 Å². The van der Waals surface area contributed by atoms with Crippen molar-refractivity contribution in [2.75, 3.05) is 26.4 Å². The highest BCUT2D eigenvalue weighted by Gasteiger charge is 2.28. The van der Waals surface area contributed by atoms with E-state index in [4.69, 9.17) is 23.7 Å². The summed E-state index contributed by atoms with van der Waals surface area (Å²) in [6.07, 6.45) is 1.50. The minimum atomic E-state index is -0.647. The third kappa shape index (κ3) is 19.0. The molecule has 69 heavy (non-hydrogen) atoms. The summed E-state index contributed by atoms with van der Waals surface area (Å²) in [5.74, 6) is 0.437. The van der Waals surface area contributed by atoms with Crippen molar-refractivity contribution in [2.45, 2.75) is 81.6 Å². The maximum absolute atomic E-state index is 12.3. The Kier molecular flexibility index (Phi) is 22.7. The second-order valence-electron chi connectivity index (χ2n) is 17.2. The van der Waals surface area contributed by atoms with Gasteiger partial charge in [-0.15, -0.1) is 0 Å². The number of carbonyl (C=O) groups excluding carboxylic acids is 7. The fraction of sp³-hybridized carbons (Fsp3) is 0.339. The molecule has 0 aliphatic carbocycles. The van der Waals surface area contributed by atoms with Gasteiger partial charge in [0.25, 0.3) is 0 Å². The summed E-state index contributed by atoms with van der Waals surface area (Å²) in [7, 11) is 0. The molecule has 0 saturated heterocycles. The molecule has 13 heteroatoms. The average Bonchev–Trinajstić information content (AvgIpc) is 3.37. The normalized spacial score (nSPS) is 11.1. The fourth-order valence-corrected chi connectivity index (χ4v) is 5.43. The summed E-state index contributed by atoms with van der Waals surface area (Å²) in [5.41, 5.74) is 1.97. The predicted octanol–water partition coefficient (Wildman–Crippen LogP) is 11.1. The van der Waals surface area contributed by atoms with Crippen molar-refractivity contribution in [2.24, 2.45) is 16.7 Å². The van der Waals surface area contributed by atoms with Gasteiger partial charge in [0.1, 0.15) is 37.1 Å². The summed E-state index contributed by atoms with van der Waals surface area (Å²) >= 11 is 0. The molecule has 0 radical (unpaired) electrons. The first-order valence-corrected chi connectivity index (χ1v) is 23.0. The van der Waals surface area contributed by atoms with Gasteiger partial charge in [0, 0.05) is 27.8 Å². The minimum absolute atomic E-state index is 0.0235. The third-order valence-electron chi connectivity index (χ3n) is 11.1. The van der Waals surface area contributed by atoms with Gasteiger partial charge in [-0.25, -0.2) is 4.79 Å². The molecule has 0 bridgehead atoms. The summed E-state index contributed by atoms with van der Waals surface area (Å²) in [6.45, 7) is 17.2. The Bertz CT molecular complexity index is 2430. The Balaban J connectivity index is 0.000000274. The highest BCUT2D eigenvalue weighted by atomic mass is 16.6. The number of hydrogen-bond donors (Lipinski definition) is 1. The number of ether oxygens (including phenoxy) is 5. The highest BCUT2D eigenvalue weighted by molar-refractivity contribution is 6.09. The third-order valence-corrected chi connectivity index (χ3v) is 11.1. The van der Waals surface area contributed by atoms with Crippen molar-refractivity contribution in [1.29, 1.82) is 0 Å². The second-order valence-corrected chi connectivity index (χ2v) is 17.2. The molecule has 13 nitrogen and oxygen atoms in total. The molecular formula is C56H65NO12. The Morgan fingerprint density at radius 2 is 0.913 bits per heavy atom. The van der Waals surface area contributed by atoms with Gasteiger partial charge in [0.15, 0.2) is 17.3 Å². The molecule has 1 atom stereocenters. The zero-order chi connectivity index (χ0) is 51.0. The molecule has 0 aliphatic rings. The molecule has 0 aromatic heterocycles. The van der Waals surface area contributed by atoms with Crippen LogP contribution in [0.4, 0.5) is 4.79 Å². The van der Waals surface area contributed by atoms with E-state index in [1.165, 1.54) is 6.92 Å². The Morgan fingerprint density at radius 3 is 1.36 bits per heavy atom. The molecule has 0 saturated carbocycles. The van der Waals surface area contributed by atoms with Crippen LogP contribution in [0.3, 0.4) is 0 Å². The lowest BCUT2D eigenvalue weighted by molar-refractivity contribution is -0.154. The van der Waals surface area contributed by atoms with Crippen LogP contribution in [0.1, 0.15) is 124 Å². The van der Waals surface area contributed by atoms with Crippen LogP contribution in [0.15, 0.2) is 133 Å². The van der Waals surface area contributed by atoms with E-state index in [2.05, 4.69) is 5.32 Å². The number of Topliss-reactive ketones (excluding diaryl/α,β-unsaturated/α-hetero) is 1. The number of hydrogen-bond acceptors (Lipinski definition) is 12. The first kappa shape index (κ1) is 55.9. The molecule has 1 amide bonds. The van der Waals surface area contributed by atoms with Gasteiger partial charge >= 0.3 is 24.0 Å². The smallest absolute Gasteiger partial charge is 0.412 e. The van der Waals surface area contributed by atoms with Crippen molar-refractivity contribution in [3.05, 3.63) is 161 Å². The molecule has 0 spiro atoms. The number of carbonyl (C=O) groups is 7. The first-order chi connectivity index (χ1) is 32.8. The lowest BCUT2D eigenvalue weighted by Gasteiger charge is -2.20. The zero-order valence-electron chi connectivity index (χ0n) is 41.1. The van der Waals surface area contributed by atoms with Gasteiger partial charge in [-0.3, -0.25) is 28.8 Å². The molecular weight excluding hydrogens is 879 g/mol. The molecule has 5 aromatic rings. The standard InChI is InChI=1S/C20H22O4.C19H20O3.C17H23NO5/c1-3-15(2)20(22)24-14-13-23-18-11-9-17(10-12-18)19(21)16-7-5-4-6-8-16;1-4-19(2,3)18(21)22-16-12-10-15(11-13-16)17(20)14-8-6-5-7-9-14;1-5-17(3,4)15(20)22-11-10-18-16(21)23-14-8-6-13(7-9-14)12(2)19/h4-12,15H,3,13-14H2,1-2H3;5-13H,4H2,1-3H3;6-9H,5,10-11H2,1-4H3,(H,18,21). The number of benzene rings is 5. The van der Waals surface area contributed by atoms with E-state index in [1.54, 1.807) is 97.1 Å². The van der Waals surface area contributed by atoms with Gasteiger partial charge < -0.3 is 29.0 Å². The molecule has 5 aromatic carbocycles. The Morgan fingerprint density at radius 1 is 0.493 bits per heavy atom. The summed E-state index contributed by atoms with van der Waals surface area (Å²) in [5, 5.41) is 2.49. The average molecular weight is 944 g/mol. The number of ketones is 3. The number of rotatable bonds is 20. The van der Waals surface area contributed by atoms with Crippen molar-refractivity contribution in [3.63, 3.8) is 0 Å². The Labute approximate surface area is 405 Å². The topological polar surface area (TPSA) is 178 Å². The summed E-state index contributed by atoms with van der Waals surface area (Å²) in [4.78, 5) is 82.6. The van der Waals surface area contributed by atoms with E-state index in [1.807, 2.05) is 91.8 Å². The molecule has 5 rings (SSSR count). The molecule has 366 valence electrons. The predicted molar refractivity (Wildman–Crippen MR) is 264 cm³/mol. The number of esters is 3. The molecule has 0 aliphatic heterocycles. The van der Waals surface area contributed by atoms with Crippen molar-refractivity contribution >= 4 is 41.4 Å². The van der Waals surface area contributed by atoms with Crippen molar-refractivity contribution in [3.8, 4) is 17.2 Å². The SMILES string of the molecule is CCC(C)(C)C(=O)OCCNC(=O)Oc1ccc(C(C)=O)cc1.CCC(C)(C)C(=O)Oc1ccc(C(=O)c2ccccc2)cc1.CCC(C)C(=O)OCCOc1ccc(C(=O)c2ccccc2)cc1. The van der Waals surface area contributed by atoms with Crippen LogP contribution >= 0.6 is 0 Å². The number of nitrogens with one attached hydrogen (secondary N) is 1. The van der Waals surface area contributed by atoms with E-state index in [0.29, 0.717) is 57.9 Å². The van der Waals surface area contributed by atoms with Crippen LogP contribution in [0.25, 0.3) is 0 Å². The van der Waals surface area contributed by atoms with Crippen LogP contribution in [-0.4, -0.2) is 67.7 Å². The van der Waals surface area contributed by atoms with Crippen LogP contribution < -0.4 is 19.5 Å². The van der Waals surface area contributed by atoms with Gasteiger partial charge in [-0.2, -0.15) is 0 Å². The lowest BCUT2D eigenvalue weighted by atomic mass is 9.91. The van der Waals surface area contributed by atoms with Crippen LogP contribution in [0, 0.1) is 16.7 Å². The van der Waals surface area contributed by atoms with E-state index in [9.17, 15) is 33.6 Å². The van der Waals surface area contributed by atoms with Crippen molar-refractivity contribution in [1.82, 2.24) is 5.32 Å². The van der Waals surface area contributed by atoms with Gasteiger partial charge in [0.2, 0.25) is 0 Å². The zero-order valence-corrected chi connectivity index (χ0v) is 41.1. The molecule has 1 unspecified atom stereocenters. The van der Waals surface area contributed by atoms with Crippen LogP contribution in [0.5, 0.6) is 17.2 Å². The van der Waals surface area contributed by atoms with Gasteiger partial charge in [-0.1, -0.05) is 88.4 Å². The molecule has 0 fully saturated rings.